The summed E-state index contributed by atoms with van der Waals surface area (Å²) in [4.78, 5) is 29.2. The molecule has 0 spiro atoms. The van der Waals surface area contributed by atoms with Gasteiger partial charge in [0, 0.05) is 5.56 Å². The maximum absolute atomic E-state index is 12.6. The van der Waals surface area contributed by atoms with Gasteiger partial charge in [-0.1, -0.05) is 23.8 Å². The highest BCUT2D eigenvalue weighted by atomic mass is 16.6. The van der Waals surface area contributed by atoms with Crippen molar-refractivity contribution in [3.63, 3.8) is 0 Å². The molecule has 0 bridgehead atoms. The van der Waals surface area contributed by atoms with Crippen LogP contribution in [0.5, 0.6) is 17.2 Å². The van der Waals surface area contributed by atoms with E-state index in [0.29, 0.717) is 29.2 Å². The van der Waals surface area contributed by atoms with Crippen molar-refractivity contribution in [3.05, 3.63) is 94.7 Å². The number of ether oxygens (including phenoxy) is 4. The topological polar surface area (TPSA) is 83.4 Å². The van der Waals surface area contributed by atoms with Gasteiger partial charge in [-0.25, -0.2) is 14.6 Å². The molecular formula is C27H23NO6. The summed E-state index contributed by atoms with van der Waals surface area (Å²) in [5.41, 5.74) is 3.01. The van der Waals surface area contributed by atoms with Gasteiger partial charge in [0.25, 0.3) is 0 Å². The van der Waals surface area contributed by atoms with Crippen LogP contribution in [-0.4, -0.2) is 31.6 Å². The summed E-state index contributed by atoms with van der Waals surface area (Å²) >= 11 is 0. The van der Waals surface area contributed by atoms with E-state index in [-0.39, 0.29) is 17.3 Å². The Morgan fingerprint density at radius 1 is 1.00 bits per heavy atom. The minimum Gasteiger partial charge on any atom is -0.497 e. The first kappa shape index (κ1) is 22.8. The number of hydrogen-bond donors (Lipinski definition) is 0. The summed E-state index contributed by atoms with van der Waals surface area (Å²) < 4.78 is 21.6. The van der Waals surface area contributed by atoms with Gasteiger partial charge in [-0.15, -0.1) is 0 Å². The van der Waals surface area contributed by atoms with Crippen LogP contribution in [0.2, 0.25) is 0 Å². The predicted molar refractivity (Wildman–Crippen MR) is 127 cm³/mol. The van der Waals surface area contributed by atoms with Crippen LogP contribution in [0.25, 0.3) is 6.08 Å². The van der Waals surface area contributed by atoms with Gasteiger partial charge in [0.2, 0.25) is 5.90 Å². The standard InChI is InChI=1S/C27H23NO6/c1-4-32-24-16-18(7-14-23(24)33-26(29)20-10-12-21(31-3)13-11-20)15-22-27(30)34-25(28-22)19-8-5-17(2)6-9-19/h5-16H,4H2,1-3H3/b22-15-. The number of nitrogens with zero attached hydrogens (tertiary/aromatic N) is 1. The molecule has 1 aliphatic rings. The molecule has 34 heavy (non-hydrogen) atoms. The second kappa shape index (κ2) is 10.0. The van der Waals surface area contributed by atoms with Crippen molar-refractivity contribution in [2.45, 2.75) is 13.8 Å². The number of benzene rings is 3. The fourth-order valence-corrected chi connectivity index (χ4v) is 3.24. The maximum Gasteiger partial charge on any atom is 0.363 e. The Balaban J connectivity index is 1.57. The largest absolute Gasteiger partial charge is 0.497 e. The first-order chi connectivity index (χ1) is 16.5. The summed E-state index contributed by atoms with van der Waals surface area (Å²) in [5.74, 6) is 0.467. The van der Waals surface area contributed by atoms with E-state index in [2.05, 4.69) is 4.99 Å². The minimum atomic E-state index is -0.538. The molecule has 0 aromatic heterocycles. The van der Waals surface area contributed by atoms with Crippen molar-refractivity contribution in [1.29, 1.82) is 0 Å². The summed E-state index contributed by atoms with van der Waals surface area (Å²) in [5, 5.41) is 0. The molecule has 0 amide bonds. The highest BCUT2D eigenvalue weighted by Crippen LogP contribution is 2.31. The van der Waals surface area contributed by atoms with E-state index in [1.54, 1.807) is 55.7 Å². The van der Waals surface area contributed by atoms with Crippen molar-refractivity contribution >= 4 is 23.9 Å². The molecular weight excluding hydrogens is 434 g/mol. The van der Waals surface area contributed by atoms with Crippen LogP contribution in [0.15, 0.2) is 77.4 Å². The van der Waals surface area contributed by atoms with Crippen LogP contribution in [0.3, 0.4) is 0 Å². The fourth-order valence-electron chi connectivity index (χ4n) is 3.24. The van der Waals surface area contributed by atoms with Crippen LogP contribution >= 0.6 is 0 Å². The number of carbonyl (C=O) groups is 2. The third-order valence-electron chi connectivity index (χ3n) is 5.02. The van der Waals surface area contributed by atoms with E-state index in [4.69, 9.17) is 18.9 Å². The molecule has 0 unspecified atom stereocenters. The molecule has 0 saturated heterocycles. The molecule has 0 saturated carbocycles. The smallest absolute Gasteiger partial charge is 0.363 e. The quantitative estimate of drug-likeness (QED) is 0.283. The highest BCUT2D eigenvalue weighted by Gasteiger charge is 2.24. The van der Waals surface area contributed by atoms with Crippen LogP contribution in [0, 0.1) is 6.92 Å². The van der Waals surface area contributed by atoms with E-state index in [1.807, 2.05) is 38.1 Å². The Morgan fingerprint density at radius 2 is 1.74 bits per heavy atom. The number of carbonyl (C=O) groups excluding carboxylic acids is 2. The average Bonchev–Trinajstić information content (AvgIpc) is 3.21. The van der Waals surface area contributed by atoms with E-state index in [1.165, 1.54) is 0 Å². The molecule has 0 atom stereocenters. The third kappa shape index (κ3) is 5.15. The lowest BCUT2D eigenvalue weighted by atomic mass is 10.1. The second-order valence-corrected chi connectivity index (χ2v) is 7.46. The number of rotatable bonds is 7. The number of esters is 2. The summed E-state index contributed by atoms with van der Waals surface area (Å²) in [6.45, 7) is 4.17. The molecule has 0 fully saturated rings. The van der Waals surface area contributed by atoms with E-state index < -0.39 is 11.9 Å². The fraction of sp³-hybridized carbons (Fsp3) is 0.148. The number of methoxy groups -OCH3 is 1. The predicted octanol–water partition coefficient (Wildman–Crippen LogP) is 4.97. The van der Waals surface area contributed by atoms with E-state index in [0.717, 1.165) is 11.1 Å². The molecule has 0 radical (unpaired) electrons. The Hall–Kier alpha value is -4.39. The zero-order valence-corrected chi connectivity index (χ0v) is 19.0. The lowest BCUT2D eigenvalue weighted by molar-refractivity contribution is -0.129. The SMILES string of the molecule is CCOc1cc(/C=C2\N=C(c3ccc(C)cc3)OC2=O)ccc1OC(=O)c1ccc(OC)cc1. The molecule has 7 heteroatoms. The highest BCUT2D eigenvalue weighted by molar-refractivity contribution is 6.12. The van der Waals surface area contributed by atoms with Gasteiger partial charge in [0.1, 0.15) is 5.75 Å². The van der Waals surface area contributed by atoms with Gasteiger partial charge in [0.15, 0.2) is 17.2 Å². The Labute approximate surface area is 197 Å². The number of hydrogen-bond acceptors (Lipinski definition) is 7. The third-order valence-corrected chi connectivity index (χ3v) is 5.02. The van der Waals surface area contributed by atoms with Crippen molar-refractivity contribution in [2.24, 2.45) is 4.99 Å². The second-order valence-electron chi connectivity index (χ2n) is 7.46. The van der Waals surface area contributed by atoms with Crippen LogP contribution < -0.4 is 14.2 Å². The zero-order valence-electron chi connectivity index (χ0n) is 19.0. The molecule has 4 rings (SSSR count). The summed E-state index contributed by atoms with van der Waals surface area (Å²) in [7, 11) is 1.55. The van der Waals surface area contributed by atoms with Gasteiger partial charge >= 0.3 is 11.9 Å². The van der Waals surface area contributed by atoms with Gasteiger partial charge in [0.05, 0.1) is 19.3 Å². The number of aliphatic imine (C=N–C) groups is 1. The van der Waals surface area contributed by atoms with Crippen molar-refractivity contribution in [3.8, 4) is 17.2 Å². The van der Waals surface area contributed by atoms with Gasteiger partial charge in [-0.2, -0.15) is 0 Å². The molecule has 0 aliphatic carbocycles. The van der Waals surface area contributed by atoms with Crippen molar-refractivity contribution in [2.75, 3.05) is 13.7 Å². The first-order valence-corrected chi connectivity index (χ1v) is 10.7. The lowest BCUT2D eigenvalue weighted by Gasteiger charge is -2.11. The van der Waals surface area contributed by atoms with Gasteiger partial charge in [-0.05, 0) is 74.0 Å². The molecule has 3 aromatic carbocycles. The average molecular weight is 457 g/mol. The van der Waals surface area contributed by atoms with Gasteiger partial charge in [-0.3, -0.25) is 0 Å². The van der Waals surface area contributed by atoms with Crippen LogP contribution in [-0.2, 0) is 9.53 Å². The van der Waals surface area contributed by atoms with Crippen molar-refractivity contribution in [1.82, 2.24) is 0 Å². The number of aryl methyl sites for hydroxylation is 1. The molecule has 1 aliphatic heterocycles. The molecule has 0 N–H and O–H groups in total. The molecule has 7 nitrogen and oxygen atoms in total. The number of cyclic esters (lactones) is 1. The Bertz CT molecular complexity index is 1270. The van der Waals surface area contributed by atoms with Crippen LogP contribution in [0.1, 0.15) is 34.0 Å². The maximum atomic E-state index is 12.6. The normalized spacial score (nSPS) is 13.9. The molecule has 1 heterocycles. The lowest BCUT2D eigenvalue weighted by Crippen LogP contribution is -2.09. The summed E-state index contributed by atoms with van der Waals surface area (Å²) in [6.07, 6.45) is 1.60. The summed E-state index contributed by atoms with van der Waals surface area (Å²) in [6, 6.07) is 19.2. The van der Waals surface area contributed by atoms with Gasteiger partial charge < -0.3 is 18.9 Å². The Morgan fingerprint density at radius 3 is 2.41 bits per heavy atom. The Kier molecular flexibility index (Phi) is 6.73. The molecule has 3 aromatic rings. The zero-order chi connectivity index (χ0) is 24.1. The monoisotopic (exact) mass is 457 g/mol. The molecule has 172 valence electrons. The van der Waals surface area contributed by atoms with E-state index >= 15 is 0 Å². The minimum absolute atomic E-state index is 0.168. The van der Waals surface area contributed by atoms with Crippen LogP contribution in [0.4, 0.5) is 0 Å². The van der Waals surface area contributed by atoms with E-state index in [9.17, 15) is 9.59 Å². The first-order valence-electron chi connectivity index (χ1n) is 10.7. The van der Waals surface area contributed by atoms with Crippen molar-refractivity contribution < 1.29 is 28.5 Å².